The lowest BCUT2D eigenvalue weighted by molar-refractivity contribution is -0.145. The fourth-order valence-electron chi connectivity index (χ4n) is 8.43. The standard InChI is InChI=1S/C27H40O5/c1-15(5-8-22(29)16(2)25(31)32)19-6-7-20-24-21(10-12-27(19,20)4)26(3)11-9-18(28)13-17(26)14-23(24)30/h13,15-16,19-21,23-24,30H,5-12,14H2,1-4H3,(H,31,32)/t15-,16?,19-,20+,21+,23-,24+,26+,27-/m1/s1. The third-order valence-corrected chi connectivity index (χ3v) is 10.4. The maximum Gasteiger partial charge on any atom is 0.313 e. The Morgan fingerprint density at radius 2 is 1.84 bits per heavy atom. The number of hydrogen-bond donors (Lipinski definition) is 2. The topological polar surface area (TPSA) is 91.7 Å². The van der Waals surface area contributed by atoms with Crippen LogP contribution < -0.4 is 0 Å². The predicted octanol–water partition coefficient (Wildman–Crippen LogP) is 4.81. The highest BCUT2D eigenvalue weighted by molar-refractivity contribution is 5.97. The van der Waals surface area contributed by atoms with Crippen LogP contribution in [0.2, 0.25) is 0 Å². The minimum absolute atomic E-state index is 0.0439. The third kappa shape index (κ3) is 3.69. The van der Waals surface area contributed by atoms with Crippen molar-refractivity contribution in [1.29, 1.82) is 0 Å². The Morgan fingerprint density at radius 3 is 2.53 bits per heavy atom. The number of Topliss-reactive ketones (excluding diaryl/α,β-unsaturated/α-hetero) is 1. The van der Waals surface area contributed by atoms with Crippen LogP contribution in [0.4, 0.5) is 0 Å². The molecule has 3 fully saturated rings. The molecule has 0 bridgehead atoms. The second kappa shape index (κ2) is 8.38. The van der Waals surface area contributed by atoms with Crippen molar-refractivity contribution in [1.82, 2.24) is 0 Å². The van der Waals surface area contributed by atoms with Crippen molar-refractivity contribution in [3.63, 3.8) is 0 Å². The van der Waals surface area contributed by atoms with Gasteiger partial charge in [0.2, 0.25) is 0 Å². The normalized spacial score (nSPS) is 42.8. The fraction of sp³-hybridized carbons (Fsp3) is 0.815. The number of carbonyl (C=O) groups excluding carboxylic acids is 2. The lowest BCUT2D eigenvalue weighted by Gasteiger charge is -2.59. The second-order valence-corrected chi connectivity index (χ2v) is 11.9. The smallest absolute Gasteiger partial charge is 0.313 e. The molecule has 4 aliphatic rings. The summed E-state index contributed by atoms with van der Waals surface area (Å²) in [6.45, 7) is 8.46. The lowest BCUT2D eigenvalue weighted by Crippen LogP contribution is -2.55. The molecule has 32 heavy (non-hydrogen) atoms. The monoisotopic (exact) mass is 444 g/mol. The fourth-order valence-corrected chi connectivity index (χ4v) is 8.43. The Kier molecular flexibility index (Phi) is 6.19. The third-order valence-electron chi connectivity index (χ3n) is 10.4. The summed E-state index contributed by atoms with van der Waals surface area (Å²) in [4.78, 5) is 35.4. The van der Waals surface area contributed by atoms with Crippen LogP contribution in [0.5, 0.6) is 0 Å². The van der Waals surface area contributed by atoms with Gasteiger partial charge in [-0.25, -0.2) is 0 Å². The highest BCUT2D eigenvalue weighted by atomic mass is 16.4. The molecule has 0 radical (unpaired) electrons. The molecule has 0 heterocycles. The minimum Gasteiger partial charge on any atom is -0.481 e. The molecule has 1 unspecified atom stereocenters. The Bertz CT molecular complexity index is 830. The van der Waals surface area contributed by atoms with E-state index < -0.39 is 11.9 Å². The molecule has 5 heteroatoms. The zero-order valence-electron chi connectivity index (χ0n) is 20.1. The first-order chi connectivity index (χ1) is 15.0. The molecule has 0 saturated heterocycles. The van der Waals surface area contributed by atoms with Gasteiger partial charge in [-0.3, -0.25) is 14.4 Å². The number of carboxylic acids is 1. The number of ketones is 2. The van der Waals surface area contributed by atoms with E-state index in [0.29, 0.717) is 42.9 Å². The van der Waals surface area contributed by atoms with Crippen LogP contribution in [-0.2, 0) is 14.4 Å². The number of carbonyl (C=O) groups is 3. The molecule has 178 valence electrons. The van der Waals surface area contributed by atoms with E-state index in [2.05, 4.69) is 20.8 Å². The van der Waals surface area contributed by atoms with Crippen molar-refractivity contribution in [2.45, 2.75) is 91.6 Å². The van der Waals surface area contributed by atoms with Crippen molar-refractivity contribution < 1.29 is 24.6 Å². The van der Waals surface area contributed by atoms with Crippen LogP contribution in [0.15, 0.2) is 11.6 Å². The largest absolute Gasteiger partial charge is 0.481 e. The van der Waals surface area contributed by atoms with Crippen molar-refractivity contribution in [3.8, 4) is 0 Å². The number of rotatable bonds is 6. The molecule has 5 nitrogen and oxygen atoms in total. The average molecular weight is 445 g/mol. The SMILES string of the molecule is CC(C(=O)O)C(=O)CC[C@@H](C)[C@H]1CC[C@H]2[C@@H]3[C@H](O)CC4=CC(=O)CC[C@]4(C)[C@H]3CC[C@]12C. The summed E-state index contributed by atoms with van der Waals surface area (Å²) in [5.41, 5.74) is 1.38. The maximum absolute atomic E-state index is 12.2. The van der Waals surface area contributed by atoms with E-state index in [0.717, 1.165) is 38.5 Å². The summed E-state index contributed by atoms with van der Waals surface area (Å²) in [6, 6.07) is 0. The van der Waals surface area contributed by atoms with Gasteiger partial charge in [0.1, 0.15) is 11.7 Å². The van der Waals surface area contributed by atoms with E-state index in [1.54, 1.807) is 0 Å². The van der Waals surface area contributed by atoms with Gasteiger partial charge in [-0.05, 0) is 98.4 Å². The molecule has 0 aromatic rings. The summed E-state index contributed by atoms with van der Waals surface area (Å²) in [7, 11) is 0. The Balaban J connectivity index is 1.50. The molecule has 2 N–H and O–H groups in total. The predicted molar refractivity (Wildman–Crippen MR) is 122 cm³/mol. The molecule has 9 atom stereocenters. The van der Waals surface area contributed by atoms with Gasteiger partial charge in [0.25, 0.3) is 0 Å². The summed E-state index contributed by atoms with van der Waals surface area (Å²) < 4.78 is 0. The van der Waals surface area contributed by atoms with Gasteiger partial charge < -0.3 is 10.2 Å². The maximum atomic E-state index is 12.2. The van der Waals surface area contributed by atoms with Crippen LogP contribution in [-0.4, -0.2) is 33.9 Å². The van der Waals surface area contributed by atoms with E-state index in [1.165, 1.54) is 12.5 Å². The lowest BCUT2D eigenvalue weighted by atomic mass is 9.45. The summed E-state index contributed by atoms with van der Waals surface area (Å²) in [5.74, 6) is 0.162. The van der Waals surface area contributed by atoms with Crippen LogP contribution in [0.3, 0.4) is 0 Å². The number of aliphatic hydroxyl groups is 1. The zero-order chi connectivity index (χ0) is 23.4. The molecule has 0 aromatic heterocycles. The van der Waals surface area contributed by atoms with Gasteiger partial charge in [-0.15, -0.1) is 0 Å². The number of carboxylic acid groups (broad SMARTS) is 1. The highest BCUT2D eigenvalue weighted by Gasteiger charge is 2.61. The van der Waals surface area contributed by atoms with Crippen LogP contribution in [0.25, 0.3) is 0 Å². The molecule has 0 spiro atoms. The first kappa shape index (κ1) is 23.7. The van der Waals surface area contributed by atoms with E-state index in [1.807, 2.05) is 6.08 Å². The summed E-state index contributed by atoms with van der Waals surface area (Å²) in [6.07, 6.45) is 9.20. The first-order valence-electron chi connectivity index (χ1n) is 12.7. The van der Waals surface area contributed by atoms with Gasteiger partial charge >= 0.3 is 5.97 Å². The van der Waals surface area contributed by atoms with Gasteiger partial charge in [-0.1, -0.05) is 26.3 Å². The number of aliphatic carboxylic acids is 1. The number of fused-ring (bicyclic) bond motifs is 5. The summed E-state index contributed by atoms with van der Waals surface area (Å²) in [5, 5.41) is 20.4. The first-order valence-corrected chi connectivity index (χ1v) is 12.7. The molecule has 0 aliphatic heterocycles. The van der Waals surface area contributed by atoms with Crippen LogP contribution in [0.1, 0.15) is 85.5 Å². The molecule has 0 amide bonds. The van der Waals surface area contributed by atoms with E-state index in [-0.39, 0.29) is 34.4 Å². The molecule has 4 aliphatic carbocycles. The molecular formula is C27H40O5. The zero-order valence-corrected chi connectivity index (χ0v) is 20.1. The molecular weight excluding hydrogens is 404 g/mol. The van der Waals surface area contributed by atoms with Gasteiger partial charge in [-0.2, -0.15) is 0 Å². The van der Waals surface area contributed by atoms with Gasteiger partial charge in [0.05, 0.1) is 6.10 Å². The summed E-state index contributed by atoms with van der Waals surface area (Å²) >= 11 is 0. The minimum atomic E-state index is -1.04. The van der Waals surface area contributed by atoms with E-state index in [9.17, 15) is 19.5 Å². The number of hydrogen-bond acceptors (Lipinski definition) is 4. The Morgan fingerprint density at radius 1 is 1.12 bits per heavy atom. The van der Waals surface area contributed by atoms with Crippen molar-refractivity contribution in [2.75, 3.05) is 0 Å². The second-order valence-electron chi connectivity index (χ2n) is 11.9. The van der Waals surface area contributed by atoms with Crippen molar-refractivity contribution in [2.24, 2.45) is 46.3 Å². The average Bonchev–Trinajstić information content (AvgIpc) is 3.09. The molecule has 3 saturated carbocycles. The van der Waals surface area contributed by atoms with Gasteiger partial charge in [0, 0.05) is 12.8 Å². The quantitative estimate of drug-likeness (QED) is 0.574. The van der Waals surface area contributed by atoms with E-state index >= 15 is 0 Å². The van der Waals surface area contributed by atoms with Gasteiger partial charge in [0.15, 0.2) is 5.78 Å². The van der Waals surface area contributed by atoms with Crippen molar-refractivity contribution in [3.05, 3.63) is 11.6 Å². The highest BCUT2D eigenvalue weighted by Crippen LogP contribution is 2.67. The Hall–Kier alpha value is -1.49. The molecule has 4 rings (SSSR count). The van der Waals surface area contributed by atoms with Crippen LogP contribution >= 0.6 is 0 Å². The Labute approximate surface area is 192 Å². The van der Waals surface area contributed by atoms with Crippen molar-refractivity contribution >= 4 is 17.5 Å². The molecule has 0 aromatic carbocycles. The van der Waals surface area contributed by atoms with Crippen LogP contribution in [0, 0.1) is 46.3 Å². The number of aliphatic hydroxyl groups excluding tert-OH is 1. The van der Waals surface area contributed by atoms with E-state index in [4.69, 9.17) is 5.11 Å².